The highest BCUT2D eigenvalue weighted by Crippen LogP contribution is 2.22. The maximum Gasteiger partial charge on any atom is 0.261 e. The summed E-state index contributed by atoms with van der Waals surface area (Å²) >= 11 is 0. The topological polar surface area (TPSA) is 75.3 Å². The summed E-state index contributed by atoms with van der Waals surface area (Å²) in [6.45, 7) is 5.88. The molecular weight excluding hydrogens is 396 g/mol. The predicted octanol–water partition coefficient (Wildman–Crippen LogP) is 4.85. The van der Waals surface area contributed by atoms with Crippen LogP contribution >= 0.6 is 0 Å². The zero-order chi connectivity index (χ0) is 21.7. The molecule has 0 saturated carbocycles. The molecule has 30 heavy (non-hydrogen) atoms. The Morgan fingerprint density at radius 1 is 0.933 bits per heavy atom. The van der Waals surface area contributed by atoms with Gasteiger partial charge in [-0.25, -0.2) is 8.42 Å². The van der Waals surface area contributed by atoms with Crippen molar-refractivity contribution in [3.05, 3.63) is 95.1 Å². The van der Waals surface area contributed by atoms with Crippen molar-refractivity contribution in [3.8, 4) is 0 Å². The number of para-hydroxylation sites is 1. The molecule has 3 aromatic rings. The van der Waals surface area contributed by atoms with E-state index in [4.69, 9.17) is 0 Å². The van der Waals surface area contributed by atoms with Gasteiger partial charge in [0.1, 0.15) is 0 Å². The van der Waals surface area contributed by atoms with E-state index in [1.165, 1.54) is 5.56 Å². The number of anilines is 1. The maximum absolute atomic E-state index is 12.9. The lowest BCUT2D eigenvalue weighted by Gasteiger charge is -2.17. The molecule has 0 aliphatic carbocycles. The first kappa shape index (κ1) is 21.6. The van der Waals surface area contributed by atoms with Gasteiger partial charge in [0.15, 0.2) is 0 Å². The summed E-state index contributed by atoms with van der Waals surface area (Å²) in [4.78, 5) is 13.0. The number of sulfonamides is 1. The van der Waals surface area contributed by atoms with Gasteiger partial charge in [-0.3, -0.25) is 9.52 Å². The normalized spacial score (nSPS) is 12.2. The number of aryl methyl sites for hydroxylation is 2. The quantitative estimate of drug-likeness (QED) is 0.572. The fraction of sp³-hybridized carbons (Fsp3) is 0.208. The summed E-state index contributed by atoms with van der Waals surface area (Å²) in [7, 11) is -3.80. The molecule has 3 aromatic carbocycles. The molecule has 0 spiro atoms. The molecule has 1 atom stereocenters. The molecule has 0 aliphatic rings. The summed E-state index contributed by atoms with van der Waals surface area (Å²) in [6, 6.07) is 21.0. The lowest BCUT2D eigenvalue weighted by atomic mass is 10.0. The first-order valence-electron chi connectivity index (χ1n) is 9.88. The molecule has 1 unspecified atom stereocenters. The van der Waals surface area contributed by atoms with E-state index >= 15 is 0 Å². The smallest absolute Gasteiger partial charge is 0.261 e. The second kappa shape index (κ2) is 9.13. The van der Waals surface area contributed by atoms with Gasteiger partial charge in [0.05, 0.1) is 22.2 Å². The van der Waals surface area contributed by atoms with E-state index in [1.54, 1.807) is 48.5 Å². The average molecular weight is 423 g/mol. The number of rotatable bonds is 7. The number of carbonyl (C=O) groups is 1. The Kier molecular flexibility index (Phi) is 6.57. The zero-order valence-electron chi connectivity index (χ0n) is 17.3. The molecule has 0 aliphatic heterocycles. The molecule has 0 saturated heterocycles. The van der Waals surface area contributed by atoms with Crippen molar-refractivity contribution >= 4 is 21.6 Å². The number of amides is 1. The largest absolute Gasteiger partial charge is 0.345 e. The first-order chi connectivity index (χ1) is 14.3. The molecule has 0 bridgehead atoms. The summed E-state index contributed by atoms with van der Waals surface area (Å²) in [6.07, 6.45) is 0.954. The van der Waals surface area contributed by atoms with Crippen molar-refractivity contribution in [1.29, 1.82) is 0 Å². The van der Waals surface area contributed by atoms with Crippen LogP contribution in [0.4, 0.5) is 5.69 Å². The van der Waals surface area contributed by atoms with Crippen LogP contribution in [0.1, 0.15) is 46.9 Å². The Labute approximate surface area is 178 Å². The van der Waals surface area contributed by atoms with Crippen LogP contribution in [0.3, 0.4) is 0 Å². The fourth-order valence-electron chi connectivity index (χ4n) is 3.09. The Bertz CT molecular complexity index is 1120. The molecule has 0 aromatic heterocycles. The van der Waals surface area contributed by atoms with Crippen molar-refractivity contribution < 1.29 is 13.2 Å². The Morgan fingerprint density at radius 2 is 1.57 bits per heavy atom. The first-order valence-corrected chi connectivity index (χ1v) is 11.4. The van der Waals surface area contributed by atoms with Crippen molar-refractivity contribution in [2.45, 2.75) is 38.1 Å². The summed E-state index contributed by atoms with van der Waals surface area (Å²) in [5, 5.41) is 2.95. The Hall–Kier alpha value is -3.12. The monoisotopic (exact) mass is 422 g/mol. The lowest BCUT2D eigenvalue weighted by molar-refractivity contribution is 0.0941. The zero-order valence-corrected chi connectivity index (χ0v) is 18.2. The molecule has 0 heterocycles. The highest BCUT2D eigenvalue weighted by molar-refractivity contribution is 7.92. The van der Waals surface area contributed by atoms with Gasteiger partial charge < -0.3 is 5.32 Å². The molecule has 1 amide bonds. The van der Waals surface area contributed by atoms with Crippen LogP contribution in [0.15, 0.2) is 77.7 Å². The molecule has 6 heteroatoms. The van der Waals surface area contributed by atoms with Crippen LogP contribution in [0, 0.1) is 6.92 Å². The van der Waals surface area contributed by atoms with E-state index < -0.39 is 10.0 Å². The number of carbonyl (C=O) groups excluding carboxylic acids is 1. The van der Waals surface area contributed by atoms with Gasteiger partial charge in [0.2, 0.25) is 0 Å². The SMILES string of the molecule is CCc1ccc(C(C)NC(=O)c2ccccc2NS(=O)(=O)c2ccc(C)cc2)cc1. The summed E-state index contributed by atoms with van der Waals surface area (Å²) in [5.41, 5.74) is 3.69. The van der Waals surface area contributed by atoms with E-state index in [2.05, 4.69) is 17.0 Å². The fourth-order valence-corrected chi connectivity index (χ4v) is 4.17. The molecule has 5 nitrogen and oxygen atoms in total. The van der Waals surface area contributed by atoms with E-state index in [9.17, 15) is 13.2 Å². The van der Waals surface area contributed by atoms with Gasteiger partial charge >= 0.3 is 0 Å². The van der Waals surface area contributed by atoms with Crippen molar-refractivity contribution in [2.24, 2.45) is 0 Å². The minimum Gasteiger partial charge on any atom is -0.345 e. The van der Waals surface area contributed by atoms with Gasteiger partial charge in [-0.15, -0.1) is 0 Å². The number of hydrogen-bond acceptors (Lipinski definition) is 3. The Balaban J connectivity index is 1.80. The van der Waals surface area contributed by atoms with Crippen molar-refractivity contribution in [2.75, 3.05) is 4.72 Å². The van der Waals surface area contributed by atoms with Crippen molar-refractivity contribution in [1.82, 2.24) is 5.32 Å². The minimum atomic E-state index is -3.80. The number of benzene rings is 3. The maximum atomic E-state index is 12.9. The van der Waals surface area contributed by atoms with Crippen LogP contribution in [0.2, 0.25) is 0 Å². The van der Waals surface area contributed by atoms with Crippen LogP contribution < -0.4 is 10.0 Å². The van der Waals surface area contributed by atoms with Crippen molar-refractivity contribution in [3.63, 3.8) is 0 Å². The molecule has 0 radical (unpaired) electrons. The average Bonchev–Trinajstić information content (AvgIpc) is 2.74. The second-order valence-electron chi connectivity index (χ2n) is 7.25. The number of hydrogen-bond donors (Lipinski definition) is 2. The third kappa shape index (κ3) is 5.07. The van der Waals surface area contributed by atoms with Crippen LogP contribution in [0.25, 0.3) is 0 Å². The molecular formula is C24H26N2O3S. The van der Waals surface area contributed by atoms with Crippen LogP contribution in [-0.4, -0.2) is 14.3 Å². The highest BCUT2D eigenvalue weighted by atomic mass is 32.2. The van der Waals surface area contributed by atoms with E-state index in [-0.39, 0.29) is 28.1 Å². The van der Waals surface area contributed by atoms with Crippen LogP contribution in [-0.2, 0) is 16.4 Å². The van der Waals surface area contributed by atoms with Gasteiger partial charge in [-0.2, -0.15) is 0 Å². The molecule has 156 valence electrons. The lowest BCUT2D eigenvalue weighted by Crippen LogP contribution is -2.28. The predicted molar refractivity (Wildman–Crippen MR) is 120 cm³/mol. The van der Waals surface area contributed by atoms with Gasteiger partial charge in [0.25, 0.3) is 15.9 Å². The molecule has 2 N–H and O–H groups in total. The molecule has 0 fully saturated rings. The standard InChI is InChI=1S/C24H26N2O3S/c1-4-19-11-13-20(14-12-19)18(3)25-24(27)22-7-5-6-8-23(22)26-30(28,29)21-15-9-17(2)10-16-21/h5-16,18,26H,4H2,1-3H3,(H,25,27). The van der Waals surface area contributed by atoms with Gasteiger partial charge in [-0.1, -0.05) is 61.0 Å². The van der Waals surface area contributed by atoms with E-state index in [1.807, 2.05) is 38.1 Å². The third-order valence-corrected chi connectivity index (χ3v) is 6.36. The third-order valence-electron chi connectivity index (χ3n) is 4.98. The van der Waals surface area contributed by atoms with Crippen LogP contribution in [0.5, 0.6) is 0 Å². The Morgan fingerprint density at radius 3 is 2.20 bits per heavy atom. The van der Waals surface area contributed by atoms with Gasteiger partial charge in [-0.05, 0) is 55.7 Å². The second-order valence-corrected chi connectivity index (χ2v) is 8.94. The molecule has 3 rings (SSSR count). The van der Waals surface area contributed by atoms with E-state index in [0.29, 0.717) is 0 Å². The number of nitrogens with one attached hydrogen (secondary N) is 2. The van der Waals surface area contributed by atoms with Gasteiger partial charge in [0, 0.05) is 0 Å². The van der Waals surface area contributed by atoms with E-state index in [0.717, 1.165) is 17.5 Å². The summed E-state index contributed by atoms with van der Waals surface area (Å²) in [5.74, 6) is -0.343. The summed E-state index contributed by atoms with van der Waals surface area (Å²) < 4.78 is 28.0. The highest BCUT2D eigenvalue weighted by Gasteiger charge is 2.19. The minimum absolute atomic E-state index is 0.146.